The molecule has 0 spiro atoms. The molecular weight excluding hydrogens is 214 g/mol. The van der Waals surface area contributed by atoms with Crippen LogP contribution in [-0.4, -0.2) is 51.6 Å². The highest BCUT2D eigenvalue weighted by molar-refractivity contribution is 7.89. The number of hydrogen-bond donors (Lipinski definition) is 1. The second-order valence-electron chi connectivity index (χ2n) is 2.84. The van der Waals surface area contributed by atoms with Gasteiger partial charge >= 0.3 is 0 Å². The average Bonchev–Trinajstić information content (AvgIpc) is 2.03. The maximum Gasteiger partial charge on any atom is 0.252 e. The van der Waals surface area contributed by atoms with Gasteiger partial charge in [0.1, 0.15) is 0 Å². The van der Waals surface area contributed by atoms with E-state index in [4.69, 9.17) is 0 Å². The fourth-order valence-electron chi connectivity index (χ4n) is 0.842. The Morgan fingerprint density at radius 3 is 2.43 bits per heavy atom. The summed E-state index contributed by atoms with van der Waals surface area (Å²) in [7, 11) is -2.38. The summed E-state index contributed by atoms with van der Waals surface area (Å²) in [6, 6.07) is 0. The number of halogens is 2. The normalized spacial score (nSPS) is 12.7. The van der Waals surface area contributed by atoms with Crippen LogP contribution in [0.4, 0.5) is 8.78 Å². The monoisotopic (exact) mass is 230 g/mol. The van der Waals surface area contributed by atoms with Crippen molar-refractivity contribution in [2.45, 2.75) is 13.3 Å². The van der Waals surface area contributed by atoms with Gasteiger partial charge in [-0.3, -0.25) is 0 Å². The predicted molar refractivity (Wildman–Crippen MR) is 51.0 cm³/mol. The Morgan fingerprint density at radius 1 is 1.43 bits per heavy atom. The van der Waals surface area contributed by atoms with E-state index in [-0.39, 0.29) is 12.3 Å². The molecule has 0 amide bonds. The lowest BCUT2D eigenvalue weighted by molar-refractivity contribution is 0.126. The van der Waals surface area contributed by atoms with Gasteiger partial charge < -0.3 is 5.32 Å². The zero-order chi connectivity index (χ0) is 11.2. The van der Waals surface area contributed by atoms with Crippen molar-refractivity contribution < 1.29 is 17.2 Å². The van der Waals surface area contributed by atoms with Crippen molar-refractivity contribution in [3.05, 3.63) is 0 Å². The molecule has 0 aliphatic rings. The molecular formula is C7H16F2N2O2S. The Hall–Kier alpha value is -0.270. The molecule has 0 bridgehead atoms. The molecule has 0 rings (SSSR count). The lowest BCUT2D eigenvalue weighted by atomic mass is 10.7. The lowest BCUT2D eigenvalue weighted by Crippen LogP contribution is -2.36. The third kappa shape index (κ3) is 5.46. The van der Waals surface area contributed by atoms with Gasteiger partial charge in [0.25, 0.3) is 6.43 Å². The van der Waals surface area contributed by atoms with E-state index in [0.717, 1.165) is 7.05 Å². The van der Waals surface area contributed by atoms with E-state index in [9.17, 15) is 17.2 Å². The molecule has 0 heterocycles. The van der Waals surface area contributed by atoms with Gasteiger partial charge in [0, 0.05) is 13.6 Å². The zero-order valence-corrected chi connectivity index (χ0v) is 9.15. The molecule has 0 unspecified atom stereocenters. The highest BCUT2D eigenvalue weighted by Gasteiger charge is 2.20. The number of nitrogens with one attached hydrogen (secondary N) is 1. The molecule has 4 nitrogen and oxygen atoms in total. The van der Waals surface area contributed by atoms with Crippen molar-refractivity contribution in [2.24, 2.45) is 0 Å². The van der Waals surface area contributed by atoms with Crippen LogP contribution < -0.4 is 5.32 Å². The summed E-state index contributed by atoms with van der Waals surface area (Å²) in [5, 5.41) is 2.82. The first-order valence-electron chi connectivity index (χ1n) is 4.33. The number of sulfonamides is 1. The molecule has 0 saturated heterocycles. The van der Waals surface area contributed by atoms with Crippen molar-refractivity contribution in [1.29, 1.82) is 0 Å². The lowest BCUT2D eigenvalue weighted by Gasteiger charge is -2.16. The molecule has 7 heteroatoms. The Bertz CT molecular complexity index is 244. The summed E-state index contributed by atoms with van der Waals surface area (Å²) >= 11 is 0. The molecule has 86 valence electrons. The fourth-order valence-corrected chi connectivity index (χ4v) is 1.90. The van der Waals surface area contributed by atoms with Gasteiger partial charge in [-0.2, -0.15) is 4.31 Å². The van der Waals surface area contributed by atoms with Crippen LogP contribution in [0.1, 0.15) is 6.92 Å². The molecule has 0 saturated carbocycles. The van der Waals surface area contributed by atoms with Crippen LogP contribution >= 0.6 is 0 Å². The zero-order valence-electron chi connectivity index (χ0n) is 8.33. The molecule has 14 heavy (non-hydrogen) atoms. The van der Waals surface area contributed by atoms with E-state index >= 15 is 0 Å². The van der Waals surface area contributed by atoms with Gasteiger partial charge in [0.15, 0.2) is 0 Å². The second-order valence-corrected chi connectivity index (χ2v) is 5.04. The maximum atomic E-state index is 11.9. The maximum absolute atomic E-state index is 11.9. The predicted octanol–water partition coefficient (Wildman–Crippen LogP) is 0.123. The molecule has 0 aliphatic heterocycles. The highest BCUT2D eigenvalue weighted by atomic mass is 32.2. The number of alkyl halides is 2. The van der Waals surface area contributed by atoms with E-state index in [2.05, 4.69) is 5.32 Å². The first-order chi connectivity index (χ1) is 6.40. The van der Waals surface area contributed by atoms with Gasteiger partial charge in [0.05, 0.1) is 12.3 Å². The van der Waals surface area contributed by atoms with E-state index < -0.39 is 23.0 Å². The van der Waals surface area contributed by atoms with Crippen LogP contribution in [0.15, 0.2) is 0 Å². The van der Waals surface area contributed by atoms with Crippen LogP contribution in [-0.2, 0) is 10.0 Å². The van der Waals surface area contributed by atoms with Crippen LogP contribution in [0.5, 0.6) is 0 Å². The summed E-state index contributed by atoms with van der Waals surface area (Å²) in [5.74, 6) is -0.149. The molecule has 0 fully saturated rings. The summed E-state index contributed by atoms with van der Waals surface area (Å²) in [6.07, 6.45) is -2.63. The smallest absolute Gasteiger partial charge is 0.252 e. The van der Waals surface area contributed by atoms with Gasteiger partial charge in [-0.05, 0) is 6.54 Å². The van der Waals surface area contributed by atoms with Crippen molar-refractivity contribution in [2.75, 3.05) is 32.4 Å². The van der Waals surface area contributed by atoms with E-state index in [0.29, 0.717) is 10.8 Å². The SMILES string of the molecule is CCNCCS(=O)(=O)N(C)CC(F)F. The molecule has 0 atom stereocenters. The van der Waals surface area contributed by atoms with Crippen LogP contribution in [0.3, 0.4) is 0 Å². The van der Waals surface area contributed by atoms with Crippen LogP contribution in [0.2, 0.25) is 0 Å². The molecule has 0 aromatic rings. The number of hydrogen-bond acceptors (Lipinski definition) is 3. The molecule has 0 radical (unpaired) electrons. The molecule has 0 aliphatic carbocycles. The summed E-state index contributed by atoms with van der Waals surface area (Å²) in [4.78, 5) is 0. The Kier molecular flexibility index (Phi) is 6.14. The minimum Gasteiger partial charge on any atom is -0.316 e. The second kappa shape index (κ2) is 6.26. The quantitative estimate of drug-likeness (QED) is 0.632. The number of rotatable bonds is 7. The van der Waals surface area contributed by atoms with Crippen molar-refractivity contribution in [3.63, 3.8) is 0 Å². The Balaban J connectivity index is 4.04. The topological polar surface area (TPSA) is 49.4 Å². The molecule has 0 aromatic heterocycles. The minimum atomic E-state index is -3.54. The Morgan fingerprint density at radius 2 is 2.00 bits per heavy atom. The summed E-state index contributed by atoms with van der Waals surface area (Å²) < 4.78 is 47.0. The fraction of sp³-hybridized carbons (Fsp3) is 1.00. The van der Waals surface area contributed by atoms with Gasteiger partial charge in [-0.25, -0.2) is 17.2 Å². The van der Waals surface area contributed by atoms with Crippen molar-refractivity contribution in [1.82, 2.24) is 9.62 Å². The van der Waals surface area contributed by atoms with E-state index in [1.807, 2.05) is 6.92 Å². The Labute approximate surface area is 83.3 Å². The largest absolute Gasteiger partial charge is 0.316 e. The minimum absolute atomic E-state index is 0.149. The standard InChI is InChI=1S/C7H16F2N2O2S/c1-3-10-4-5-14(12,13)11(2)6-7(8)9/h7,10H,3-6H2,1-2H3. The van der Waals surface area contributed by atoms with Crippen LogP contribution in [0, 0.1) is 0 Å². The van der Waals surface area contributed by atoms with Gasteiger partial charge in [-0.1, -0.05) is 6.92 Å². The molecule has 0 aromatic carbocycles. The van der Waals surface area contributed by atoms with Gasteiger partial charge in [-0.15, -0.1) is 0 Å². The average molecular weight is 230 g/mol. The van der Waals surface area contributed by atoms with E-state index in [1.165, 1.54) is 0 Å². The molecule has 1 N–H and O–H groups in total. The van der Waals surface area contributed by atoms with Crippen LogP contribution in [0.25, 0.3) is 0 Å². The summed E-state index contributed by atoms with van der Waals surface area (Å²) in [5.41, 5.74) is 0. The summed E-state index contributed by atoms with van der Waals surface area (Å²) in [6.45, 7) is 2.05. The van der Waals surface area contributed by atoms with Crippen molar-refractivity contribution >= 4 is 10.0 Å². The van der Waals surface area contributed by atoms with Gasteiger partial charge in [0.2, 0.25) is 10.0 Å². The highest BCUT2D eigenvalue weighted by Crippen LogP contribution is 2.02. The third-order valence-electron chi connectivity index (χ3n) is 1.66. The number of nitrogens with zero attached hydrogens (tertiary/aromatic N) is 1. The first kappa shape index (κ1) is 13.7. The first-order valence-corrected chi connectivity index (χ1v) is 5.94. The van der Waals surface area contributed by atoms with Crippen molar-refractivity contribution in [3.8, 4) is 0 Å². The third-order valence-corrected chi connectivity index (χ3v) is 3.48. The van der Waals surface area contributed by atoms with E-state index in [1.54, 1.807) is 0 Å².